The second kappa shape index (κ2) is 8.64. The molecule has 5 heteroatoms. The summed E-state index contributed by atoms with van der Waals surface area (Å²) >= 11 is 0. The molecule has 0 aliphatic carbocycles. The van der Waals surface area contributed by atoms with E-state index in [1.54, 1.807) is 21.3 Å². The number of hydrogen-bond donors (Lipinski definition) is 1. The van der Waals surface area contributed by atoms with Crippen molar-refractivity contribution in [2.45, 2.75) is 25.4 Å². The first-order valence-electron chi connectivity index (χ1n) is 6.96. The first kappa shape index (κ1) is 17.5. The predicted molar refractivity (Wildman–Crippen MR) is 81.6 cm³/mol. The molecule has 0 heterocycles. The molecule has 0 radical (unpaired) electrons. The Morgan fingerprint density at radius 3 is 2.38 bits per heavy atom. The molecule has 1 amide bonds. The molecule has 0 bridgehead atoms. The van der Waals surface area contributed by atoms with Gasteiger partial charge in [0, 0.05) is 27.2 Å². The second-order valence-electron chi connectivity index (χ2n) is 5.21. The van der Waals surface area contributed by atoms with Gasteiger partial charge in [-0.1, -0.05) is 12.1 Å². The molecule has 0 saturated carbocycles. The van der Waals surface area contributed by atoms with E-state index in [2.05, 4.69) is 5.32 Å². The van der Waals surface area contributed by atoms with Crippen molar-refractivity contribution in [3.8, 4) is 5.75 Å². The van der Waals surface area contributed by atoms with Crippen LogP contribution in [0.1, 0.15) is 18.9 Å². The Labute approximate surface area is 126 Å². The lowest BCUT2D eigenvalue weighted by Crippen LogP contribution is -2.45. The van der Waals surface area contributed by atoms with Crippen molar-refractivity contribution >= 4 is 5.91 Å². The van der Waals surface area contributed by atoms with Gasteiger partial charge in [-0.25, -0.2) is 0 Å². The van der Waals surface area contributed by atoms with Gasteiger partial charge in [-0.2, -0.15) is 0 Å². The Balaban J connectivity index is 2.36. The molecule has 1 N–H and O–H groups in total. The summed E-state index contributed by atoms with van der Waals surface area (Å²) in [6.07, 6.45) is 1.14. The molecule has 0 fully saturated rings. The number of amides is 1. The number of ether oxygens (including phenoxy) is 3. The van der Waals surface area contributed by atoms with Gasteiger partial charge in [0.1, 0.15) is 11.4 Å². The van der Waals surface area contributed by atoms with Crippen LogP contribution in [0.4, 0.5) is 0 Å². The minimum atomic E-state index is -0.496. The van der Waals surface area contributed by atoms with Crippen molar-refractivity contribution in [3.05, 3.63) is 29.8 Å². The van der Waals surface area contributed by atoms with Crippen molar-refractivity contribution < 1.29 is 19.0 Å². The smallest absolute Gasteiger partial charge is 0.220 e. The maximum Gasteiger partial charge on any atom is 0.220 e. The summed E-state index contributed by atoms with van der Waals surface area (Å²) in [7, 11) is 4.86. The van der Waals surface area contributed by atoms with E-state index in [1.807, 2.05) is 31.2 Å². The minimum absolute atomic E-state index is 0.00481. The maximum absolute atomic E-state index is 11.9. The Morgan fingerprint density at radius 1 is 1.19 bits per heavy atom. The number of benzene rings is 1. The van der Waals surface area contributed by atoms with Crippen molar-refractivity contribution in [1.82, 2.24) is 5.32 Å². The normalized spacial score (nSPS) is 13.5. The highest BCUT2D eigenvalue weighted by molar-refractivity contribution is 5.76. The SMILES string of the molecule is COC[C@](C)(CNC(=O)CCc1ccc(OC)cc1)OC. The fourth-order valence-electron chi connectivity index (χ4n) is 1.91. The zero-order valence-corrected chi connectivity index (χ0v) is 13.3. The van der Waals surface area contributed by atoms with Crippen LogP contribution >= 0.6 is 0 Å². The number of rotatable bonds is 9. The number of carbonyl (C=O) groups excluding carboxylic acids is 1. The van der Waals surface area contributed by atoms with Gasteiger partial charge in [0.25, 0.3) is 0 Å². The van der Waals surface area contributed by atoms with Crippen LogP contribution in [0.3, 0.4) is 0 Å². The molecular formula is C16H25NO4. The van der Waals surface area contributed by atoms with E-state index in [-0.39, 0.29) is 5.91 Å². The fourth-order valence-corrected chi connectivity index (χ4v) is 1.91. The third-order valence-corrected chi connectivity index (χ3v) is 3.40. The molecule has 0 aromatic heterocycles. The quantitative estimate of drug-likeness (QED) is 0.754. The summed E-state index contributed by atoms with van der Waals surface area (Å²) in [5.74, 6) is 0.823. The standard InChI is InChI=1S/C16H25NO4/c1-16(21-4,12-19-2)11-17-15(18)10-7-13-5-8-14(20-3)9-6-13/h5-6,8-9H,7,10-12H2,1-4H3,(H,17,18)/t16-/m0/s1. The van der Waals surface area contributed by atoms with E-state index in [4.69, 9.17) is 14.2 Å². The molecule has 0 saturated heterocycles. The maximum atomic E-state index is 11.9. The van der Waals surface area contributed by atoms with Crippen LogP contribution in [0.2, 0.25) is 0 Å². The van der Waals surface area contributed by atoms with E-state index < -0.39 is 5.60 Å². The second-order valence-corrected chi connectivity index (χ2v) is 5.21. The van der Waals surface area contributed by atoms with Crippen LogP contribution in [-0.2, 0) is 20.7 Å². The largest absolute Gasteiger partial charge is 0.497 e. The highest BCUT2D eigenvalue weighted by Crippen LogP contribution is 2.13. The predicted octanol–water partition coefficient (Wildman–Crippen LogP) is 1.80. The molecule has 0 aliphatic heterocycles. The Kier molecular flexibility index (Phi) is 7.19. The highest BCUT2D eigenvalue weighted by Gasteiger charge is 2.24. The minimum Gasteiger partial charge on any atom is -0.497 e. The van der Waals surface area contributed by atoms with Gasteiger partial charge in [-0.15, -0.1) is 0 Å². The van der Waals surface area contributed by atoms with Crippen LogP contribution < -0.4 is 10.1 Å². The third-order valence-electron chi connectivity index (χ3n) is 3.40. The van der Waals surface area contributed by atoms with Crippen molar-refractivity contribution in [2.24, 2.45) is 0 Å². The van der Waals surface area contributed by atoms with Gasteiger partial charge in [0.05, 0.1) is 13.7 Å². The summed E-state index contributed by atoms with van der Waals surface area (Å²) in [5.41, 5.74) is 0.613. The summed E-state index contributed by atoms with van der Waals surface area (Å²) < 4.78 is 15.6. The number of carbonyl (C=O) groups is 1. The third kappa shape index (κ3) is 6.14. The van der Waals surface area contributed by atoms with Gasteiger partial charge >= 0.3 is 0 Å². The Hall–Kier alpha value is -1.59. The molecule has 1 atom stereocenters. The highest BCUT2D eigenvalue weighted by atomic mass is 16.5. The molecule has 118 valence electrons. The van der Waals surface area contributed by atoms with Gasteiger partial charge in [-0.3, -0.25) is 4.79 Å². The van der Waals surface area contributed by atoms with E-state index in [0.717, 1.165) is 11.3 Å². The Bertz CT molecular complexity index is 432. The molecule has 21 heavy (non-hydrogen) atoms. The molecule has 0 aliphatic rings. The lowest BCUT2D eigenvalue weighted by Gasteiger charge is -2.27. The molecule has 0 spiro atoms. The summed E-state index contributed by atoms with van der Waals surface area (Å²) in [6, 6.07) is 7.73. The monoisotopic (exact) mass is 295 g/mol. The van der Waals surface area contributed by atoms with Crippen LogP contribution in [0, 0.1) is 0 Å². The van der Waals surface area contributed by atoms with E-state index in [9.17, 15) is 4.79 Å². The van der Waals surface area contributed by atoms with Crippen LogP contribution in [0.25, 0.3) is 0 Å². The molecule has 1 rings (SSSR count). The first-order valence-corrected chi connectivity index (χ1v) is 6.96. The topological polar surface area (TPSA) is 56.8 Å². The zero-order chi connectivity index (χ0) is 15.7. The number of nitrogens with one attached hydrogen (secondary N) is 1. The fraction of sp³-hybridized carbons (Fsp3) is 0.562. The molecule has 5 nitrogen and oxygen atoms in total. The summed E-state index contributed by atoms with van der Waals surface area (Å²) in [5, 5.41) is 2.88. The van der Waals surface area contributed by atoms with Gasteiger partial charge < -0.3 is 19.5 Å². The van der Waals surface area contributed by atoms with Crippen molar-refractivity contribution in [3.63, 3.8) is 0 Å². The van der Waals surface area contributed by atoms with Gasteiger partial charge in [0.2, 0.25) is 5.91 Å². The van der Waals surface area contributed by atoms with Crippen LogP contribution in [-0.4, -0.2) is 46.0 Å². The van der Waals surface area contributed by atoms with Gasteiger partial charge in [-0.05, 0) is 31.0 Å². The van der Waals surface area contributed by atoms with Crippen LogP contribution in [0.5, 0.6) is 5.75 Å². The lowest BCUT2D eigenvalue weighted by molar-refractivity contribution is -0.123. The van der Waals surface area contributed by atoms with E-state index in [0.29, 0.717) is 26.0 Å². The first-order chi connectivity index (χ1) is 10.0. The van der Waals surface area contributed by atoms with E-state index in [1.165, 1.54) is 0 Å². The molecule has 1 aromatic carbocycles. The average Bonchev–Trinajstić information content (AvgIpc) is 2.51. The Morgan fingerprint density at radius 2 is 1.86 bits per heavy atom. The van der Waals surface area contributed by atoms with Crippen molar-refractivity contribution in [1.29, 1.82) is 0 Å². The average molecular weight is 295 g/mol. The summed E-state index contributed by atoms with van der Waals surface area (Å²) in [4.78, 5) is 11.9. The lowest BCUT2D eigenvalue weighted by atomic mass is 10.1. The molecular weight excluding hydrogens is 270 g/mol. The molecule has 0 unspecified atom stereocenters. The summed E-state index contributed by atoms with van der Waals surface area (Å²) in [6.45, 7) is 2.77. The number of hydrogen-bond acceptors (Lipinski definition) is 4. The van der Waals surface area contributed by atoms with E-state index >= 15 is 0 Å². The van der Waals surface area contributed by atoms with Crippen LogP contribution in [0.15, 0.2) is 24.3 Å². The number of aryl methyl sites for hydroxylation is 1. The van der Waals surface area contributed by atoms with Gasteiger partial charge in [0.15, 0.2) is 0 Å². The molecule has 1 aromatic rings. The zero-order valence-electron chi connectivity index (χ0n) is 13.3. The number of methoxy groups -OCH3 is 3. The van der Waals surface area contributed by atoms with Crippen molar-refractivity contribution in [2.75, 3.05) is 34.5 Å².